The zero-order valence-corrected chi connectivity index (χ0v) is 22.4. The molecule has 10 heteroatoms. The van der Waals surface area contributed by atoms with Crippen LogP contribution in [0.4, 0.5) is 4.79 Å². The van der Waals surface area contributed by atoms with Crippen LogP contribution in [0.5, 0.6) is 0 Å². The van der Waals surface area contributed by atoms with E-state index in [1.165, 1.54) is 0 Å². The summed E-state index contributed by atoms with van der Waals surface area (Å²) in [5.74, 6) is 0. The summed E-state index contributed by atoms with van der Waals surface area (Å²) < 4.78 is 39.6. The number of hydrogen-bond acceptors (Lipinski definition) is 8. The summed E-state index contributed by atoms with van der Waals surface area (Å²) in [6.45, 7) is 16.2. The van der Waals surface area contributed by atoms with Crippen molar-refractivity contribution in [3.05, 3.63) is 0 Å². The number of amides is 1. The lowest BCUT2D eigenvalue weighted by Gasteiger charge is -2.30. The first-order chi connectivity index (χ1) is 15.4. The highest BCUT2D eigenvalue weighted by atomic mass is 28.4. The summed E-state index contributed by atoms with van der Waals surface area (Å²) in [5, 5.41) is 0. The molecule has 0 aliphatic carbocycles. The van der Waals surface area contributed by atoms with Gasteiger partial charge in [-0.1, -0.05) is 0 Å². The van der Waals surface area contributed by atoms with E-state index in [-0.39, 0.29) is 18.3 Å². The molecule has 0 saturated carbocycles. The molecular weight excluding hydrogens is 434 g/mol. The van der Waals surface area contributed by atoms with Crippen molar-refractivity contribution in [2.75, 3.05) is 66.4 Å². The van der Waals surface area contributed by atoms with Crippen LogP contribution < -0.4 is 0 Å². The Bertz CT molecular complexity index is 441. The van der Waals surface area contributed by atoms with E-state index in [0.717, 1.165) is 6.42 Å². The summed E-state index contributed by atoms with van der Waals surface area (Å²) in [6.07, 6.45) is 1.01. The fraction of sp³-hybridized carbons (Fsp3) is 0.955. The first-order valence-electron chi connectivity index (χ1n) is 11.9. The van der Waals surface area contributed by atoms with Gasteiger partial charge in [0, 0.05) is 59.3 Å². The van der Waals surface area contributed by atoms with Gasteiger partial charge in [0.2, 0.25) is 0 Å². The monoisotopic (exact) mass is 481 g/mol. The van der Waals surface area contributed by atoms with E-state index in [1.807, 2.05) is 34.6 Å². The van der Waals surface area contributed by atoms with E-state index in [9.17, 15) is 4.79 Å². The SMILES string of the molecule is CCOC(=O)N(CCC[Si](OCC)(OCC)OCC)CC(C)OCC(C)OCCCOC. The van der Waals surface area contributed by atoms with Gasteiger partial charge in [-0.05, 0) is 54.4 Å². The van der Waals surface area contributed by atoms with Gasteiger partial charge in [-0.15, -0.1) is 0 Å². The number of carbonyl (C=O) groups excluding carboxylic acids is 1. The number of hydrogen-bond donors (Lipinski definition) is 0. The van der Waals surface area contributed by atoms with Crippen LogP contribution in [-0.4, -0.2) is 98.5 Å². The lowest BCUT2D eigenvalue weighted by molar-refractivity contribution is -0.0420. The van der Waals surface area contributed by atoms with Gasteiger partial charge in [0.25, 0.3) is 0 Å². The topological polar surface area (TPSA) is 84.9 Å². The Morgan fingerprint density at radius 1 is 0.844 bits per heavy atom. The predicted octanol–water partition coefficient (Wildman–Crippen LogP) is 3.73. The van der Waals surface area contributed by atoms with Gasteiger partial charge >= 0.3 is 14.9 Å². The highest BCUT2D eigenvalue weighted by Gasteiger charge is 2.40. The maximum atomic E-state index is 12.5. The van der Waals surface area contributed by atoms with Gasteiger partial charge in [-0.2, -0.15) is 0 Å². The second kappa shape index (κ2) is 19.7. The molecule has 0 aromatic heterocycles. The Labute approximate surface area is 196 Å². The second-order valence-corrected chi connectivity index (χ2v) is 10.1. The summed E-state index contributed by atoms with van der Waals surface area (Å²) in [5.41, 5.74) is 0. The highest BCUT2D eigenvalue weighted by molar-refractivity contribution is 6.60. The zero-order chi connectivity index (χ0) is 24.2. The zero-order valence-electron chi connectivity index (χ0n) is 21.4. The Morgan fingerprint density at radius 2 is 1.47 bits per heavy atom. The average Bonchev–Trinajstić information content (AvgIpc) is 2.75. The second-order valence-electron chi connectivity index (χ2n) is 7.40. The summed E-state index contributed by atoms with van der Waals surface area (Å²) in [6, 6.07) is 0.639. The van der Waals surface area contributed by atoms with E-state index < -0.39 is 8.80 Å². The molecule has 0 N–H and O–H groups in total. The Balaban J connectivity index is 4.71. The molecule has 0 spiro atoms. The van der Waals surface area contributed by atoms with Gasteiger partial charge in [0.15, 0.2) is 0 Å². The average molecular weight is 482 g/mol. The van der Waals surface area contributed by atoms with E-state index >= 15 is 0 Å². The van der Waals surface area contributed by atoms with Gasteiger partial charge in [-0.25, -0.2) is 4.79 Å². The minimum absolute atomic E-state index is 0.0273. The van der Waals surface area contributed by atoms with Crippen molar-refractivity contribution in [1.82, 2.24) is 4.90 Å². The van der Waals surface area contributed by atoms with E-state index in [0.29, 0.717) is 71.8 Å². The van der Waals surface area contributed by atoms with Crippen molar-refractivity contribution in [3.8, 4) is 0 Å². The Morgan fingerprint density at radius 3 is 2.00 bits per heavy atom. The number of ether oxygens (including phenoxy) is 4. The maximum absolute atomic E-state index is 12.5. The summed E-state index contributed by atoms with van der Waals surface area (Å²) >= 11 is 0. The van der Waals surface area contributed by atoms with Crippen molar-refractivity contribution in [2.45, 2.75) is 72.6 Å². The van der Waals surface area contributed by atoms with Crippen molar-refractivity contribution >= 4 is 14.9 Å². The number of nitrogens with zero attached hydrogens (tertiary/aromatic N) is 1. The molecule has 0 aliphatic heterocycles. The fourth-order valence-corrected chi connectivity index (χ4v) is 5.75. The van der Waals surface area contributed by atoms with Crippen LogP contribution in [0.25, 0.3) is 0 Å². The molecule has 2 unspecified atom stereocenters. The van der Waals surface area contributed by atoms with Crippen molar-refractivity contribution in [3.63, 3.8) is 0 Å². The van der Waals surface area contributed by atoms with E-state index in [4.69, 9.17) is 32.2 Å². The van der Waals surface area contributed by atoms with Crippen LogP contribution in [0.2, 0.25) is 6.04 Å². The first-order valence-corrected chi connectivity index (χ1v) is 13.9. The fourth-order valence-electron chi connectivity index (χ4n) is 3.16. The summed E-state index contributed by atoms with van der Waals surface area (Å²) in [7, 11) is -1.06. The third-order valence-corrected chi connectivity index (χ3v) is 7.67. The Hall–Kier alpha value is -0.753. The number of carbonyl (C=O) groups is 1. The third-order valence-electron chi connectivity index (χ3n) is 4.52. The lowest BCUT2D eigenvalue weighted by atomic mass is 10.3. The lowest BCUT2D eigenvalue weighted by Crippen LogP contribution is -2.47. The van der Waals surface area contributed by atoms with E-state index in [1.54, 1.807) is 18.9 Å². The predicted molar refractivity (Wildman–Crippen MR) is 126 cm³/mol. The molecule has 192 valence electrons. The smallest absolute Gasteiger partial charge is 0.450 e. The van der Waals surface area contributed by atoms with Crippen LogP contribution in [0, 0.1) is 0 Å². The molecule has 0 bridgehead atoms. The van der Waals surface area contributed by atoms with Gasteiger partial charge in [0.05, 0.1) is 25.4 Å². The molecule has 0 radical (unpaired) electrons. The van der Waals surface area contributed by atoms with Crippen LogP contribution >= 0.6 is 0 Å². The minimum atomic E-state index is -2.74. The Kier molecular flexibility index (Phi) is 19.2. The first kappa shape index (κ1) is 31.2. The largest absolute Gasteiger partial charge is 0.500 e. The molecule has 1 amide bonds. The standard InChI is InChI=1S/C22H47NO8Si/c1-8-26-22(24)23(14-12-17-32(29-9-2,30-10-3)31-11-4)18-20(5)28-19-21(6)27-16-13-15-25-7/h20-21H,8-19H2,1-7H3. The van der Waals surface area contributed by atoms with Crippen molar-refractivity contribution in [2.24, 2.45) is 0 Å². The quantitative estimate of drug-likeness (QED) is 0.181. The molecule has 0 aromatic carbocycles. The molecule has 0 aromatic rings. The molecule has 0 rings (SSSR count). The summed E-state index contributed by atoms with van der Waals surface area (Å²) in [4.78, 5) is 14.2. The maximum Gasteiger partial charge on any atom is 0.500 e. The third kappa shape index (κ3) is 14.4. The van der Waals surface area contributed by atoms with Gasteiger partial charge < -0.3 is 37.1 Å². The van der Waals surface area contributed by atoms with E-state index in [2.05, 4.69) is 0 Å². The highest BCUT2D eigenvalue weighted by Crippen LogP contribution is 2.19. The minimum Gasteiger partial charge on any atom is -0.450 e. The number of methoxy groups -OCH3 is 1. The van der Waals surface area contributed by atoms with Crippen LogP contribution in [0.1, 0.15) is 54.4 Å². The van der Waals surface area contributed by atoms with Crippen LogP contribution in [0.15, 0.2) is 0 Å². The molecule has 32 heavy (non-hydrogen) atoms. The van der Waals surface area contributed by atoms with Gasteiger partial charge in [0.1, 0.15) is 0 Å². The van der Waals surface area contributed by atoms with Crippen molar-refractivity contribution in [1.29, 1.82) is 0 Å². The molecule has 0 heterocycles. The molecule has 2 atom stereocenters. The normalized spacial score (nSPS) is 13.7. The molecule has 9 nitrogen and oxygen atoms in total. The van der Waals surface area contributed by atoms with Crippen LogP contribution in [-0.2, 0) is 32.2 Å². The molecular formula is C22H47NO8Si. The van der Waals surface area contributed by atoms with Crippen molar-refractivity contribution < 1.29 is 37.0 Å². The van der Waals surface area contributed by atoms with Gasteiger partial charge in [-0.3, -0.25) is 0 Å². The molecule has 0 saturated heterocycles. The molecule has 0 aliphatic rings. The van der Waals surface area contributed by atoms with Crippen LogP contribution in [0.3, 0.4) is 0 Å². The molecule has 0 fully saturated rings. The number of rotatable bonds is 21.